The van der Waals surface area contributed by atoms with Gasteiger partial charge in [0.1, 0.15) is 17.6 Å². The molecule has 0 fully saturated rings. The maximum atomic E-state index is 15.1. The zero-order chi connectivity index (χ0) is 27.1. The molecule has 9 nitrogen and oxygen atoms in total. The van der Waals surface area contributed by atoms with E-state index in [1.807, 2.05) is 0 Å². The third-order valence-corrected chi connectivity index (χ3v) is 5.69. The van der Waals surface area contributed by atoms with Gasteiger partial charge in [-0.2, -0.15) is 0 Å². The van der Waals surface area contributed by atoms with Crippen molar-refractivity contribution in [3.63, 3.8) is 0 Å². The van der Waals surface area contributed by atoms with E-state index in [2.05, 4.69) is 10.6 Å². The molecule has 2 heterocycles. The van der Waals surface area contributed by atoms with Crippen molar-refractivity contribution in [1.82, 2.24) is 10.6 Å². The second-order valence-electron chi connectivity index (χ2n) is 8.25. The number of halogens is 1. The van der Waals surface area contributed by atoms with Gasteiger partial charge in [-0.1, -0.05) is 18.2 Å². The lowest BCUT2D eigenvalue weighted by molar-refractivity contribution is -0.126. The smallest absolute Gasteiger partial charge is 0.287 e. The highest BCUT2D eigenvalue weighted by Gasteiger charge is 2.34. The van der Waals surface area contributed by atoms with Crippen molar-refractivity contribution in [2.75, 3.05) is 11.4 Å². The number of nitrogens with one attached hydrogen (secondary N) is 2. The number of furan rings is 2. The summed E-state index contributed by atoms with van der Waals surface area (Å²) in [6, 6.07) is 16.4. The molecule has 4 rings (SSSR count). The second kappa shape index (κ2) is 11.8. The van der Waals surface area contributed by atoms with Crippen molar-refractivity contribution in [3.8, 4) is 0 Å². The lowest BCUT2D eigenvalue weighted by Gasteiger charge is -2.32. The molecule has 194 valence electrons. The van der Waals surface area contributed by atoms with Crippen molar-refractivity contribution in [2.24, 2.45) is 0 Å². The first-order chi connectivity index (χ1) is 18.3. The predicted molar refractivity (Wildman–Crippen MR) is 135 cm³/mol. The molecule has 0 aliphatic rings. The van der Waals surface area contributed by atoms with Crippen LogP contribution in [0.1, 0.15) is 45.2 Å². The van der Waals surface area contributed by atoms with E-state index in [-0.39, 0.29) is 29.3 Å². The van der Waals surface area contributed by atoms with Crippen LogP contribution < -0.4 is 15.5 Å². The first kappa shape index (κ1) is 26.1. The largest absolute Gasteiger partial charge is 0.467 e. The minimum Gasteiger partial charge on any atom is -0.467 e. The van der Waals surface area contributed by atoms with Crippen molar-refractivity contribution >= 4 is 29.2 Å². The molecule has 38 heavy (non-hydrogen) atoms. The standard InChI is InChI=1S/C28H24FN3O6/c1-18(33)19-10-12-20(13-11-19)32(25(34)17-31-27(35)24-9-5-15-38-24)26(22-7-2-3-8-23(22)29)28(36)30-16-21-6-4-14-37-21/h2-15,26H,16-17H2,1H3,(H,30,36)(H,31,35)/t26-/m1/s1. The fourth-order valence-corrected chi connectivity index (χ4v) is 3.81. The number of ketones is 1. The molecule has 0 aliphatic heterocycles. The Labute approximate surface area is 217 Å². The fourth-order valence-electron chi connectivity index (χ4n) is 3.81. The van der Waals surface area contributed by atoms with E-state index in [9.17, 15) is 19.2 Å². The second-order valence-corrected chi connectivity index (χ2v) is 8.25. The number of Topliss-reactive ketones (excluding diaryl/α,β-unsaturated/α-hetero) is 1. The van der Waals surface area contributed by atoms with Crippen LogP contribution in [0, 0.1) is 5.82 Å². The van der Waals surface area contributed by atoms with E-state index in [1.54, 1.807) is 18.2 Å². The minimum absolute atomic E-state index is 0.00266. The van der Waals surface area contributed by atoms with E-state index in [4.69, 9.17) is 8.83 Å². The summed E-state index contributed by atoms with van der Waals surface area (Å²) in [5, 5.41) is 5.14. The van der Waals surface area contributed by atoms with Gasteiger partial charge in [-0.3, -0.25) is 24.1 Å². The summed E-state index contributed by atoms with van der Waals surface area (Å²) in [5.74, 6) is -2.47. The Morgan fingerprint density at radius 1 is 0.868 bits per heavy atom. The van der Waals surface area contributed by atoms with E-state index in [0.29, 0.717) is 11.3 Å². The third kappa shape index (κ3) is 6.04. The maximum Gasteiger partial charge on any atom is 0.287 e. The molecule has 10 heteroatoms. The van der Waals surface area contributed by atoms with Gasteiger partial charge in [0.05, 0.1) is 25.6 Å². The summed E-state index contributed by atoms with van der Waals surface area (Å²) >= 11 is 0. The van der Waals surface area contributed by atoms with Gasteiger partial charge in [-0.15, -0.1) is 0 Å². The zero-order valence-corrected chi connectivity index (χ0v) is 20.3. The SMILES string of the molecule is CC(=O)c1ccc(N(C(=O)CNC(=O)c2ccco2)[C@@H](C(=O)NCc2ccco2)c2ccccc2F)cc1. The molecule has 0 spiro atoms. The van der Waals surface area contributed by atoms with E-state index in [1.165, 1.54) is 74.0 Å². The average molecular weight is 518 g/mol. The Kier molecular flexibility index (Phi) is 8.12. The van der Waals surface area contributed by atoms with E-state index < -0.39 is 36.1 Å². The van der Waals surface area contributed by atoms with Crippen LogP contribution in [0.2, 0.25) is 0 Å². The average Bonchev–Trinajstić information content (AvgIpc) is 3.64. The molecule has 0 bridgehead atoms. The molecule has 1 atom stereocenters. The van der Waals surface area contributed by atoms with Crippen molar-refractivity contribution in [3.05, 3.63) is 114 Å². The van der Waals surface area contributed by atoms with Crippen LogP contribution in [-0.4, -0.2) is 30.0 Å². The number of benzene rings is 2. The van der Waals surface area contributed by atoms with Gasteiger partial charge < -0.3 is 19.5 Å². The van der Waals surface area contributed by atoms with Gasteiger partial charge in [-0.05, 0) is 61.5 Å². The van der Waals surface area contributed by atoms with Gasteiger partial charge in [0.15, 0.2) is 11.5 Å². The number of rotatable bonds is 10. The lowest BCUT2D eigenvalue weighted by atomic mass is 10.0. The Bertz CT molecular complexity index is 1420. The molecule has 3 amide bonds. The van der Waals surface area contributed by atoms with Crippen molar-refractivity contribution in [1.29, 1.82) is 0 Å². The first-order valence-corrected chi connectivity index (χ1v) is 11.6. The van der Waals surface area contributed by atoms with Crippen LogP contribution >= 0.6 is 0 Å². The third-order valence-electron chi connectivity index (χ3n) is 5.69. The van der Waals surface area contributed by atoms with Gasteiger partial charge >= 0.3 is 0 Å². The number of anilines is 1. The molecule has 4 aromatic rings. The minimum atomic E-state index is -1.46. The molecule has 0 unspecified atom stereocenters. The topological polar surface area (TPSA) is 122 Å². The van der Waals surface area contributed by atoms with Crippen LogP contribution in [0.3, 0.4) is 0 Å². The quantitative estimate of drug-likeness (QED) is 0.306. The number of amides is 3. The van der Waals surface area contributed by atoms with Gasteiger partial charge in [-0.25, -0.2) is 4.39 Å². The molecular formula is C28H24FN3O6. The van der Waals surface area contributed by atoms with Crippen LogP contribution in [0.5, 0.6) is 0 Å². The molecular weight excluding hydrogens is 493 g/mol. The molecule has 0 aliphatic carbocycles. The van der Waals surface area contributed by atoms with Gasteiger partial charge in [0.25, 0.3) is 5.91 Å². The summed E-state index contributed by atoms with van der Waals surface area (Å²) in [6.07, 6.45) is 2.77. The van der Waals surface area contributed by atoms with Gasteiger partial charge in [0, 0.05) is 16.8 Å². The number of hydrogen-bond donors (Lipinski definition) is 2. The maximum absolute atomic E-state index is 15.1. The molecule has 0 saturated heterocycles. The number of carbonyl (C=O) groups excluding carboxylic acids is 4. The summed E-state index contributed by atoms with van der Waals surface area (Å²) in [4.78, 5) is 52.4. The van der Waals surface area contributed by atoms with Crippen molar-refractivity contribution in [2.45, 2.75) is 19.5 Å². The Hall–Kier alpha value is -4.99. The Morgan fingerprint density at radius 3 is 2.21 bits per heavy atom. The first-order valence-electron chi connectivity index (χ1n) is 11.6. The van der Waals surface area contributed by atoms with Crippen LogP contribution in [0.4, 0.5) is 10.1 Å². The highest BCUT2D eigenvalue weighted by molar-refractivity contribution is 6.04. The molecule has 0 saturated carbocycles. The van der Waals surface area contributed by atoms with Crippen LogP contribution in [0.25, 0.3) is 0 Å². The van der Waals surface area contributed by atoms with Crippen molar-refractivity contribution < 1.29 is 32.4 Å². The summed E-state index contributed by atoms with van der Waals surface area (Å²) < 4.78 is 25.4. The highest BCUT2D eigenvalue weighted by atomic mass is 19.1. The molecule has 0 radical (unpaired) electrons. The Morgan fingerprint density at radius 2 is 1.58 bits per heavy atom. The fraction of sp³-hybridized carbons (Fsp3) is 0.143. The number of carbonyl (C=O) groups is 4. The highest BCUT2D eigenvalue weighted by Crippen LogP contribution is 2.30. The monoisotopic (exact) mass is 517 g/mol. The lowest BCUT2D eigenvalue weighted by Crippen LogP contribution is -2.47. The molecule has 2 aromatic carbocycles. The van der Waals surface area contributed by atoms with Crippen LogP contribution in [0.15, 0.2) is 94.2 Å². The predicted octanol–water partition coefficient (Wildman–Crippen LogP) is 4.04. The molecule has 2 aromatic heterocycles. The van der Waals surface area contributed by atoms with Gasteiger partial charge in [0.2, 0.25) is 11.8 Å². The number of hydrogen-bond acceptors (Lipinski definition) is 6. The normalized spacial score (nSPS) is 11.4. The van der Waals surface area contributed by atoms with Crippen LogP contribution in [-0.2, 0) is 16.1 Å². The molecule has 2 N–H and O–H groups in total. The zero-order valence-electron chi connectivity index (χ0n) is 20.3. The Balaban J connectivity index is 1.71. The summed E-state index contributed by atoms with van der Waals surface area (Å²) in [5.41, 5.74) is 0.538. The number of nitrogens with zero attached hydrogens (tertiary/aromatic N) is 1. The van der Waals surface area contributed by atoms with E-state index in [0.717, 1.165) is 4.90 Å². The summed E-state index contributed by atoms with van der Waals surface area (Å²) in [6.45, 7) is 0.869. The summed E-state index contributed by atoms with van der Waals surface area (Å²) in [7, 11) is 0. The van der Waals surface area contributed by atoms with E-state index >= 15 is 4.39 Å².